The summed E-state index contributed by atoms with van der Waals surface area (Å²) in [5.74, 6) is -1.06. The van der Waals surface area contributed by atoms with Crippen molar-refractivity contribution in [1.29, 1.82) is 0 Å². The number of rotatable bonds is 4. The first-order chi connectivity index (χ1) is 11.9. The maximum Gasteiger partial charge on any atom is 0.335 e. The van der Waals surface area contributed by atoms with Crippen LogP contribution in [-0.4, -0.2) is 28.0 Å². The summed E-state index contributed by atoms with van der Waals surface area (Å²) in [5.41, 5.74) is 0.831. The zero-order valence-corrected chi connectivity index (χ0v) is 13.2. The molecule has 0 aromatic heterocycles. The lowest BCUT2D eigenvalue weighted by Gasteiger charge is -2.32. The molecule has 0 radical (unpaired) electrons. The van der Waals surface area contributed by atoms with Crippen LogP contribution in [0.4, 0.5) is 11.4 Å². The predicted molar refractivity (Wildman–Crippen MR) is 87.8 cm³/mol. The van der Waals surface area contributed by atoms with E-state index in [1.165, 1.54) is 35.2 Å². The van der Waals surface area contributed by atoms with Gasteiger partial charge >= 0.3 is 5.97 Å². The second kappa shape index (κ2) is 6.23. The minimum atomic E-state index is -1.07. The van der Waals surface area contributed by atoms with E-state index in [1.807, 2.05) is 0 Å². The standard InChI is InChI=1S/C17H14N2O6/c1-10-16(20)18(9-11-3-2-4-12(7-11)17(21)22)14-8-13(19(23)24)5-6-15(14)25-10/h2-8,10H,9H2,1H3,(H,21,22). The topological polar surface area (TPSA) is 110 Å². The molecule has 0 spiro atoms. The molecule has 1 N–H and O–H groups in total. The van der Waals surface area contributed by atoms with E-state index in [-0.39, 0.29) is 29.4 Å². The van der Waals surface area contributed by atoms with Crippen molar-refractivity contribution in [2.45, 2.75) is 19.6 Å². The molecule has 1 unspecified atom stereocenters. The molecule has 1 aliphatic rings. The van der Waals surface area contributed by atoms with Crippen LogP contribution in [0.3, 0.4) is 0 Å². The molecule has 3 rings (SSSR count). The minimum absolute atomic E-state index is 0.0851. The van der Waals surface area contributed by atoms with Crippen molar-refractivity contribution in [3.05, 3.63) is 63.7 Å². The summed E-state index contributed by atoms with van der Waals surface area (Å²) < 4.78 is 5.50. The number of hydrogen-bond donors (Lipinski definition) is 1. The minimum Gasteiger partial charge on any atom is -0.479 e. The Hall–Kier alpha value is -3.42. The summed E-state index contributed by atoms with van der Waals surface area (Å²) >= 11 is 0. The number of benzene rings is 2. The normalized spacial score (nSPS) is 16.1. The van der Waals surface area contributed by atoms with Crippen LogP contribution < -0.4 is 9.64 Å². The fourth-order valence-corrected chi connectivity index (χ4v) is 2.66. The molecule has 0 saturated carbocycles. The maximum atomic E-state index is 12.5. The Kier molecular flexibility index (Phi) is 4.10. The van der Waals surface area contributed by atoms with Crippen LogP contribution in [0.2, 0.25) is 0 Å². The maximum absolute atomic E-state index is 12.5. The molecule has 0 fully saturated rings. The van der Waals surface area contributed by atoms with Crippen molar-refractivity contribution in [2.75, 3.05) is 4.90 Å². The summed E-state index contributed by atoms with van der Waals surface area (Å²) in [6.45, 7) is 1.68. The van der Waals surface area contributed by atoms with Gasteiger partial charge in [-0.15, -0.1) is 0 Å². The van der Waals surface area contributed by atoms with Crippen molar-refractivity contribution in [2.24, 2.45) is 0 Å². The van der Waals surface area contributed by atoms with E-state index in [1.54, 1.807) is 19.1 Å². The Balaban J connectivity index is 2.02. The number of carboxylic acids is 1. The van der Waals surface area contributed by atoms with Gasteiger partial charge in [0.1, 0.15) is 5.75 Å². The lowest BCUT2D eigenvalue weighted by Crippen LogP contribution is -2.44. The highest BCUT2D eigenvalue weighted by atomic mass is 16.6. The van der Waals surface area contributed by atoms with Crippen LogP contribution in [0.15, 0.2) is 42.5 Å². The molecule has 8 heteroatoms. The monoisotopic (exact) mass is 342 g/mol. The molecule has 1 amide bonds. The number of amides is 1. The van der Waals surface area contributed by atoms with E-state index in [2.05, 4.69) is 0 Å². The molecular weight excluding hydrogens is 328 g/mol. The van der Waals surface area contributed by atoms with E-state index >= 15 is 0 Å². The van der Waals surface area contributed by atoms with Crippen LogP contribution in [0.25, 0.3) is 0 Å². The molecule has 0 bridgehead atoms. The Morgan fingerprint density at radius 2 is 2.08 bits per heavy atom. The Morgan fingerprint density at radius 3 is 2.76 bits per heavy atom. The second-order valence-electron chi connectivity index (χ2n) is 5.60. The lowest BCUT2D eigenvalue weighted by atomic mass is 10.1. The third-order valence-corrected chi connectivity index (χ3v) is 3.88. The van der Waals surface area contributed by atoms with Crippen LogP contribution in [-0.2, 0) is 11.3 Å². The zero-order chi connectivity index (χ0) is 18.1. The van der Waals surface area contributed by atoms with Gasteiger partial charge in [-0.1, -0.05) is 12.1 Å². The number of fused-ring (bicyclic) bond motifs is 1. The van der Waals surface area contributed by atoms with Crippen LogP contribution in [0.1, 0.15) is 22.8 Å². The number of aromatic carboxylic acids is 1. The SMILES string of the molecule is CC1Oc2ccc([N+](=O)[O-])cc2N(Cc2cccc(C(=O)O)c2)C1=O. The van der Waals surface area contributed by atoms with Gasteiger partial charge in [0.2, 0.25) is 0 Å². The van der Waals surface area contributed by atoms with Crippen molar-refractivity contribution in [1.82, 2.24) is 0 Å². The van der Waals surface area contributed by atoms with Crippen LogP contribution >= 0.6 is 0 Å². The summed E-state index contributed by atoms with van der Waals surface area (Å²) in [5, 5.41) is 20.1. The van der Waals surface area contributed by atoms with Gasteiger partial charge in [-0.05, 0) is 30.7 Å². The number of carbonyl (C=O) groups excluding carboxylic acids is 1. The molecule has 0 aliphatic carbocycles. The smallest absolute Gasteiger partial charge is 0.335 e. The first-order valence-electron chi connectivity index (χ1n) is 7.45. The third-order valence-electron chi connectivity index (χ3n) is 3.88. The van der Waals surface area contributed by atoms with Gasteiger partial charge in [-0.2, -0.15) is 0 Å². The highest BCUT2D eigenvalue weighted by Crippen LogP contribution is 2.37. The van der Waals surface area contributed by atoms with E-state index in [9.17, 15) is 19.7 Å². The van der Waals surface area contributed by atoms with Crippen molar-refractivity contribution in [3.63, 3.8) is 0 Å². The van der Waals surface area contributed by atoms with Gasteiger partial charge in [-0.25, -0.2) is 4.79 Å². The number of carbonyl (C=O) groups is 2. The molecule has 1 atom stereocenters. The first kappa shape index (κ1) is 16.4. The van der Waals surface area contributed by atoms with Crippen molar-refractivity contribution in [3.8, 4) is 5.75 Å². The number of non-ortho nitro benzene ring substituents is 1. The fourth-order valence-electron chi connectivity index (χ4n) is 2.66. The molecule has 0 saturated heterocycles. The van der Waals surface area contributed by atoms with E-state index in [4.69, 9.17) is 9.84 Å². The first-order valence-corrected chi connectivity index (χ1v) is 7.45. The number of hydrogen-bond acceptors (Lipinski definition) is 5. The lowest BCUT2D eigenvalue weighted by molar-refractivity contribution is -0.384. The Bertz CT molecular complexity index is 879. The average molecular weight is 342 g/mol. The molecule has 1 aliphatic heterocycles. The largest absolute Gasteiger partial charge is 0.479 e. The molecule has 2 aromatic carbocycles. The molecule has 128 valence electrons. The highest BCUT2D eigenvalue weighted by Gasteiger charge is 2.32. The molecule has 1 heterocycles. The average Bonchev–Trinajstić information content (AvgIpc) is 2.58. The third kappa shape index (κ3) is 3.14. The number of nitrogens with zero attached hydrogens (tertiary/aromatic N) is 2. The van der Waals surface area contributed by atoms with E-state index < -0.39 is 17.0 Å². The number of anilines is 1. The van der Waals surface area contributed by atoms with Crippen molar-refractivity contribution < 1.29 is 24.4 Å². The summed E-state index contributed by atoms with van der Waals surface area (Å²) in [4.78, 5) is 35.4. The van der Waals surface area contributed by atoms with E-state index in [0.717, 1.165) is 0 Å². The molecule has 8 nitrogen and oxygen atoms in total. The van der Waals surface area contributed by atoms with Crippen LogP contribution in [0, 0.1) is 10.1 Å². The fraction of sp³-hybridized carbons (Fsp3) is 0.176. The molecule has 25 heavy (non-hydrogen) atoms. The van der Waals surface area contributed by atoms with Gasteiger partial charge in [0.25, 0.3) is 11.6 Å². The van der Waals surface area contributed by atoms with E-state index in [0.29, 0.717) is 11.3 Å². The van der Waals surface area contributed by atoms with Gasteiger partial charge in [-0.3, -0.25) is 14.9 Å². The Labute approximate surface area is 142 Å². The molecule has 2 aromatic rings. The summed E-state index contributed by atoms with van der Waals surface area (Å²) in [7, 11) is 0. The summed E-state index contributed by atoms with van der Waals surface area (Å²) in [6.07, 6.45) is -0.739. The van der Waals surface area contributed by atoms with Gasteiger partial charge in [0.05, 0.1) is 22.7 Å². The predicted octanol–water partition coefficient (Wildman–Crippen LogP) is 2.61. The van der Waals surface area contributed by atoms with Crippen LogP contribution in [0.5, 0.6) is 5.75 Å². The second-order valence-corrected chi connectivity index (χ2v) is 5.60. The highest BCUT2D eigenvalue weighted by molar-refractivity contribution is 6.00. The number of nitro groups is 1. The molecular formula is C17H14N2O6. The zero-order valence-electron chi connectivity index (χ0n) is 13.2. The Morgan fingerprint density at radius 1 is 1.32 bits per heavy atom. The summed E-state index contributed by atoms with van der Waals surface area (Å²) in [6, 6.07) is 10.2. The van der Waals surface area contributed by atoms with Crippen molar-refractivity contribution >= 4 is 23.3 Å². The van der Waals surface area contributed by atoms with Gasteiger partial charge in [0.15, 0.2) is 6.10 Å². The van der Waals surface area contributed by atoms with Gasteiger partial charge < -0.3 is 14.7 Å². The number of nitro benzene ring substituents is 1. The van der Waals surface area contributed by atoms with Gasteiger partial charge in [0, 0.05) is 12.1 Å². The number of carboxylic acid groups (broad SMARTS) is 1. The quantitative estimate of drug-likeness (QED) is 0.675. The number of ether oxygens (including phenoxy) is 1.